The zero-order valence-corrected chi connectivity index (χ0v) is 9.19. The van der Waals surface area contributed by atoms with Crippen LogP contribution in [-0.4, -0.2) is 27.8 Å². The number of amides is 1. The molecule has 1 aromatic heterocycles. The quantitative estimate of drug-likeness (QED) is 0.866. The standard InChI is InChI=1S/C9H8N4O2S/c1-15-7-4-2-3-6(5-7)8(14)10-9-11-12-13-16-9/h2-5H,1H3,(H,10,11,13,14). The number of hydrogen-bond acceptors (Lipinski definition) is 6. The lowest BCUT2D eigenvalue weighted by molar-refractivity contribution is 0.102. The summed E-state index contributed by atoms with van der Waals surface area (Å²) in [5.74, 6) is 0.362. The summed E-state index contributed by atoms with van der Waals surface area (Å²) >= 11 is 1.02. The van der Waals surface area contributed by atoms with E-state index in [2.05, 4.69) is 20.1 Å². The maximum atomic E-state index is 11.7. The van der Waals surface area contributed by atoms with Crippen molar-refractivity contribution in [2.45, 2.75) is 0 Å². The van der Waals surface area contributed by atoms with E-state index in [0.717, 1.165) is 11.5 Å². The van der Waals surface area contributed by atoms with E-state index in [0.29, 0.717) is 16.4 Å². The smallest absolute Gasteiger partial charge is 0.257 e. The van der Waals surface area contributed by atoms with E-state index in [1.165, 1.54) is 0 Å². The van der Waals surface area contributed by atoms with Crippen LogP contribution in [0.1, 0.15) is 10.4 Å². The SMILES string of the molecule is COc1cccc(C(=O)Nc2nnns2)c1. The molecule has 0 aliphatic carbocycles. The first-order chi connectivity index (χ1) is 7.79. The van der Waals surface area contributed by atoms with Crippen LogP contribution in [0.2, 0.25) is 0 Å². The largest absolute Gasteiger partial charge is 0.497 e. The number of hydrogen-bond donors (Lipinski definition) is 1. The van der Waals surface area contributed by atoms with Crippen molar-refractivity contribution in [1.82, 2.24) is 14.8 Å². The molecule has 2 rings (SSSR count). The summed E-state index contributed by atoms with van der Waals surface area (Å²) in [4.78, 5) is 11.7. The van der Waals surface area contributed by atoms with E-state index < -0.39 is 0 Å². The van der Waals surface area contributed by atoms with E-state index in [-0.39, 0.29) is 5.91 Å². The van der Waals surface area contributed by atoms with Crippen molar-refractivity contribution < 1.29 is 9.53 Å². The first-order valence-electron chi connectivity index (χ1n) is 4.40. The molecule has 0 saturated heterocycles. The third-order valence-corrected chi connectivity index (χ3v) is 2.36. The van der Waals surface area contributed by atoms with Crippen LogP contribution in [0.3, 0.4) is 0 Å². The highest BCUT2D eigenvalue weighted by molar-refractivity contribution is 7.09. The summed E-state index contributed by atoms with van der Waals surface area (Å²) in [5.41, 5.74) is 0.495. The average molecular weight is 236 g/mol. The van der Waals surface area contributed by atoms with Gasteiger partial charge in [-0.1, -0.05) is 15.7 Å². The van der Waals surface area contributed by atoms with Gasteiger partial charge in [0.1, 0.15) is 5.75 Å². The maximum absolute atomic E-state index is 11.7. The van der Waals surface area contributed by atoms with Crippen molar-refractivity contribution in [2.24, 2.45) is 0 Å². The fourth-order valence-corrected chi connectivity index (χ4v) is 1.48. The van der Waals surface area contributed by atoms with Gasteiger partial charge in [-0.15, -0.1) is 0 Å². The van der Waals surface area contributed by atoms with Crippen LogP contribution in [-0.2, 0) is 0 Å². The molecule has 7 heteroatoms. The summed E-state index contributed by atoms with van der Waals surface area (Å²) < 4.78 is 8.57. The Hall–Kier alpha value is -2.02. The molecule has 0 aliphatic rings. The Morgan fingerprint density at radius 1 is 1.50 bits per heavy atom. The summed E-state index contributed by atoms with van der Waals surface area (Å²) in [7, 11) is 1.55. The first kappa shape index (κ1) is 10.5. The van der Waals surface area contributed by atoms with Crippen LogP contribution in [0, 0.1) is 0 Å². The van der Waals surface area contributed by atoms with E-state index in [1.807, 2.05) is 0 Å². The Labute approximate surface area is 95.4 Å². The van der Waals surface area contributed by atoms with Gasteiger partial charge in [-0.3, -0.25) is 10.1 Å². The maximum Gasteiger partial charge on any atom is 0.257 e. The number of rotatable bonds is 3. The minimum Gasteiger partial charge on any atom is -0.497 e. The van der Waals surface area contributed by atoms with Gasteiger partial charge in [-0.2, -0.15) is 0 Å². The molecule has 0 atom stereocenters. The molecule has 1 heterocycles. The van der Waals surface area contributed by atoms with Gasteiger partial charge in [-0.25, -0.2) is 0 Å². The lowest BCUT2D eigenvalue weighted by Gasteiger charge is -2.03. The number of carbonyl (C=O) groups is 1. The molecule has 0 bridgehead atoms. The molecule has 1 amide bonds. The van der Waals surface area contributed by atoms with Crippen LogP contribution in [0.25, 0.3) is 0 Å². The van der Waals surface area contributed by atoms with E-state index in [1.54, 1.807) is 31.4 Å². The molecule has 0 saturated carbocycles. The monoisotopic (exact) mass is 236 g/mol. The number of aromatic nitrogens is 3. The molecule has 0 unspecified atom stereocenters. The first-order valence-corrected chi connectivity index (χ1v) is 5.17. The van der Waals surface area contributed by atoms with Gasteiger partial charge in [0, 0.05) is 17.1 Å². The number of carbonyl (C=O) groups excluding carboxylic acids is 1. The van der Waals surface area contributed by atoms with Gasteiger partial charge >= 0.3 is 0 Å². The van der Waals surface area contributed by atoms with Crippen LogP contribution in [0.4, 0.5) is 5.13 Å². The minimum absolute atomic E-state index is 0.266. The highest BCUT2D eigenvalue weighted by Gasteiger charge is 2.08. The Balaban J connectivity index is 2.14. The van der Waals surface area contributed by atoms with Crippen LogP contribution in [0.15, 0.2) is 24.3 Å². The van der Waals surface area contributed by atoms with Crippen molar-refractivity contribution in [3.63, 3.8) is 0 Å². The molecule has 1 N–H and O–H groups in total. The Kier molecular flexibility index (Phi) is 3.06. The summed E-state index contributed by atoms with van der Waals surface area (Å²) in [6, 6.07) is 6.84. The predicted octanol–water partition coefficient (Wildman–Crippen LogP) is 1.19. The minimum atomic E-state index is -0.266. The molecular formula is C9H8N4O2S. The number of nitrogens with one attached hydrogen (secondary N) is 1. The van der Waals surface area contributed by atoms with Crippen LogP contribution in [0.5, 0.6) is 5.75 Å². The second-order valence-corrected chi connectivity index (χ2v) is 3.59. The lowest BCUT2D eigenvalue weighted by Crippen LogP contribution is -2.11. The molecular weight excluding hydrogens is 228 g/mol. The van der Waals surface area contributed by atoms with Crippen molar-refractivity contribution in [1.29, 1.82) is 0 Å². The molecule has 0 aliphatic heterocycles. The summed E-state index contributed by atoms with van der Waals surface area (Å²) in [6.07, 6.45) is 0. The van der Waals surface area contributed by atoms with Gasteiger partial charge in [0.25, 0.3) is 5.91 Å². The molecule has 0 spiro atoms. The second kappa shape index (κ2) is 4.67. The second-order valence-electron chi connectivity index (χ2n) is 2.85. The molecule has 2 aromatic rings. The van der Waals surface area contributed by atoms with Gasteiger partial charge in [0.2, 0.25) is 5.13 Å². The molecule has 0 radical (unpaired) electrons. The number of nitrogens with zero attached hydrogens (tertiary/aromatic N) is 3. The zero-order chi connectivity index (χ0) is 11.4. The van der Waals surface area contributed by atoms with Crippen molar-refractivity contribution >= 4 is 22.6 Å². The normalized spacial score (nSPS) is 9.81. The summed E-state index contributed by atoms with van der Waals surface area (Å²) in [6.45, 7) is 0. The van der Waals surface area contributed by atoms with Crippen molar-refractivity contribution in [3.05, 3.63) is 29.8 Å². The van der Waals surface area contributed by atoms with Gasteiger partial charge in [0.15, 0.2) is 0 Å². The van der Waals surface area contributed by atoms with Crippen LogP contribution >= 0.6 is 11.5 Å². The van der Waals surface area contributed by atoms with Gasteiger partial charge < -0.3 is 4.74 Å². The number of benzene rings is 1. The number of methoxy groups -OCH3 is 1. The fourth-order valence-electron chi connectivity index (χ4n) is 1.12. The zero-order valence-electron chi connectivity index (χ0n) is 8.38. The molecule has 16 heavy (non-hydrogen) atoms. The highest BCUT2D eigenvalue weighted by atomic mass is 32.1. The Bertz CT molecular complexity index is 486. The number of anilines is 1. The van der Waals surface area contributed by atoms with Crippen LogP contribution < -0.4 is 10.1 Å². The molecule has 0 fully saturated rings. The Morgan fingerprint density at radius 2 is 2.38 bits per heavy atom. The average Bonchev–Trinajstić information content (AvgIpc) is 2.82. The van der Waals surface area contributed by atoms with E-state index in [4.69, 9.17) is 4.74 Å². The molecule has 1 aromatic carbocycles. The van der Waals surface area contributed by atoms with Gasteiger partial charge in [-0.05, 0) is 23.4 Å². The van der Waals surface area contributed by atoms with Gasteiger partial charge in [0.05, 0.1) is 7.11 Å². The predicted molar refractivity (Wildman–Crippen MR) is 58.7 cm³/mol. The van der Waals surface area contributed by atoms with E-state index in [9.17, 15) is 4.79 Å². The topological polar surface area (TPSA) is 77.0 Å². The number of ether oxygens (including phenoxy) is 1. The van der Waals surface area contributed by atoms with E-state index >= 15 is 0 Å². The molecule has 6 nitrogen and oxygen atoms in total. The van der Waals surface area contributed by atoms with Crippen molar-refractivity contribution in [2.75, 3.05) is 12.4 Å². The lowest BCUT2D eigenvalue weighted by atomic mass is 10.2. The highest BCUT2D eigenvalue weighted by Crippen LogP contribution is 2.14. The molecule has 82 valence electrons. The Morgan fingerprint density at radius 3 is 3.06 bits per heavy atom. The van der Waals surface area contributed by atoms with Crippen molar-refractivity contribution in [3.8, 4) is 5.75 Å². The summed E-state index contributed by atoms with van der Waals surface area (Å²) in [5, 5.41) is 9.95. The third-order valence-electron chi connectivity index (χ3n) is 1.85. The third kappa shape index (κ3) is 2.31. The fraction of sp³-hybridized carbons (Fsp3) is 0.111.